The second kappa shape index (κ2) is 10.6. The summed E-state index contributed by atoms with van der Waals surface area (Å²) in [4.78, 5) is 0. The van der Waals surface area contributed by atoms with Crippen molar-refractivity contribution in [2.45, 2.75) is 0 Å². The molecule has 2 heteroatoms. The molecule has 0 spiro atoms. The van der Waals surface area contributed by atoms with Crippen molar-refractivity contribution >= 4 is 0 Å². The Morgan fingerprint density at radius 2 is 0.778 bits per heavy atom. The van der Waals surface area contributed by atoms with Gasteiger partial charge >= 0.3 is 29.6 Å². The van der Waals surface area contributed by atoms with Gasteiger partial charge in [0.05, 0.1) is 0 Å². The number of hydrogen-bond donors (Lipinski definition) is 0. The summed E-state index contributed by atoms with van der Waals surface area (Å²) in [6.45, 7) is 4.75. The minimum Gasteiger partial charge on any atom is -0.512 e. The zero-order chi connectivity index (χ0) is 6.24. The van der Waals surface area contributed by atoms with E-state index in [4.69, 9.17) is 11.8 Å². The molecule has 0 amide bonds. The normalized spacial score (nSPS) is 5.56. The first-order chi connectivity index (χ1) is 4.00. The molecule has 1 aromatic rings. The van der Waals surface area contributed by atoms with Crippen LogP contribution < -0.4 is 29.6 Å². The molecule has 1 aromatic carbocycles. The van der Waals surface area contributed by atoms with Crippen LogP contribution in [0.3, 0.4) is 0 Å². The van der Waals surface area contributed by atoms with Gasteiger partial charge < -0.3 is 11.8 Å². The van der Waals surface area contributed by atoms with Crippen LogP contribution in [0.15, 0.2) is 36.4 Å². The predicted molar refractivity (Wildman–Crippen MR) is 31.4 cm³/mol. The first-order valence-corrected chi connectivity index (χ1v) is 2.22. The molecule has 0 heterocycles. The summed E-state index contributed by atoms with van der Waals surface area (Å²) in [5.74, 6) is 0. The van der Waals surface area contributed by atoms with E-state index < -0.39 is 0 Å². The summed E-state index contributed by atoms with van der Waals surface area (Å²) >= 11 is 0. The molecule has 0 atom stereocenters. The van der Waals surface area contributed by atoms with E-state index in [-0.39, 0.29) is 29.6 Å². The van der Waals surface area contributed by atoms with Crippen molar-refractivity contribution in [3.8, 4) is 0 Å². The molecule has 1 rings (SSSR count). The second-order valence-corrected chi connectivity index (χ2v) is 1.15. The van der Waals surface area contributed by atoms with E-state index in [1.807, 2.05) is 36.4 Å². The molecule has 0 fully saturated rings. The quantitative estimate of drug-likeness (QED) is 0.317. The van der Waals surface area contributed by atoms with Crippen LogP contribution in [-0.4, -0.2) is 0 Å². The van der Waals surface area contributed by atoms with Crippen LogP contribution in [0.1, 0.15) is 0 Å². The molecule has 0 aromatic heterocycles. The molecule has 0 aliphatic carbocycles. The Morgan fingerprint density at radius 1 is 0.667 bits per heavy atom. The van der Waals surface area contributed by atoms with Crippen molar-refractivity contribution in [3.63, 3.8) is 0 Å². The van der Waals surface area contributed by atoms with E-state index in [2.05, 4.69) is 0 Å². The van der Waals surface area contributed by atoms with Gasteiger partial charge in [-0.15, -0.1) is 0 Å². The van der Waals surface area contributed by atoms with Gasteiger partial charge in [-0.25, -0.2) is 0 Å². The standard InChI is InChI=1S/C6H6.CN.Na/c1-2-4-6-5-3-1;1-2;/h1-6H;;/q;-1;+1. The van der Waals surface area contributed by atoms with E-state index in [1.54, 1.807) is 0 Å². The first kappa shape index (κ1) is 11.5. The number of hydrogen-bond acceptors (Lipinski definition) is 1. The van der Waals surface area contributed by atoms with E-state index in [1.165, 1.54) is 0 Å². The molecular formula is C7H6NNa. The van der Waals surface area contributed by atoms with E-state index in [0.717, 1.165) is 0 Å². The van der Waals surface area contributed by atoms with E-state index >= 15 is 0 Å². The predicted octanol–water partition coefficient (Wildman–Crippen LogP) is -1.21. The van der Waals surface area contributed by atoms with Gasteiger partial charge in [-0.1, -0.05) is 36.4 Å². The first-order valence-electron chi connectivity index (χ1n) is 2.22. The van der Waals surface area contributed by atoms with Gasteiger partial charge in [-0.05, 0) is 0 Å². The van der Waals surface area contributed by atoms with Crippen LogP contribution in [-0.2, 0) is 0 Å². The summed E-state index contributed by atoms with van der Waals surface area (Å²) in [5, 5.41) is 6.25. The summed E-state index contributed by atoms with van der Waals surface area (Å²) in [6, 6.07) is 12.0. The summed E-state index contributed by atoms with van der Waals surface area (Å²) in [5.41, 5.74) is 0. The van der Waals surface area contributed by atoms with Gasteiger partial charge in [0.2, 0.25) is 0 Å². The summed E-state index contributed by atoms with van der Waals surface area (Å²) in [6.07, 6.45) is 0. The zero-order valence-corrected chi connectivity index (χ0v) is 7.41. The van der Waals surface area contributed by atoms with Crippen molar-refractivity contribution in [2.75, 3.05) is 0 Å². The maximum Gasteiger partial charge on any atom is 1.00 e. The average molecular weight is 127 g/mol. The Bertz CT molecular complexity index is 109. The van der Waals surface area contributed by atoms with Crippen LogP contribution in [0.4, 0.5) is 0 Å². The Morgan fingerprint density at radius 3 is 0.889 bits per heavy atom. The van der Waals surface area contributed by atoms with Crippen molar-refractivity contribution in [1.29, 1.82) is 5.26 Å². The third-order valence-corrected chi connectivity index (χ3v) is 0.667. The van der Waals surface area contributed by atoms with E-state index in [0.29, 0.717) is 0 Å². The Labute approximate surface area is 77.6 Å². The fraction of sp³-hybridized carbons (Fsp3) is 0. The monoisotopic (exact) mass is 127 g/mol. The maximum atomic E-state index is 6.25. The summed E-state index contributed by atoms with van der Waals surface area (Å²) < 4.78 is 0. The average Bonchev–Trinajstić information content (AvgIpc) is 1.96. The molecule has 40 valence electrons. The minimum absolute atomic E-state index is 0. The molecule has 0 N–H and O–H groups in total. The number of nitrogens with zero attached hydrogens (tertiary/aromatic N) is 1. The van der Waals surface area contributed by atoms with Crippen LogP contribution in [0, 0.1) is 11.8 Å². The molecule has 0 bridgehead atoms. The van der Waals surface area contributed by atoms with Gasteiger partial charge in [0.1, 0.15) is 0 Å². The topological polar surface area (TPSA) is 23.8 Å². The Balaban J connectivity index is 0. The minimum atomic E-state index is 0. The molecule has 0 aliphatic heterocycles. The molecule has 0 unspecified atom stereocenters. The zero-order valence-electron chi connectivity index (χ0n) is 5.41. The van der Waals surface area contributed by atoms with Crippen molar-refractivity contribution < 1.29 is 29.6 Å². The molecule has 9 heavy (non-hydrogen) atoms. The van der Waals surface area contributed by atoms with Crippen LogP contribution >= 0.6 is 0 Å². The molecule has 1 nitrogen and oxygen atoms in total. The Hall–Kier alpha value is -0.290. The molecule has 0 saturated heterocycles. The van der Waals surface area contributed by atoms with Gasteiger partial charge in [0.15, 0.2) is 0 Å². The van der Waals surface area contributed by atoms with Gasteiger partial charge in [0, 0.05) is 0 Å². The van der Waals surface area contributed by atoms with Crippen LogP contribution in [0.25, 0.3) is 0 Å². The molecule has 0 saturated carbocycles. The molecule has 0 radical (unpaired) electrons. The maximum absolute atomic E-state index is 6.25. The number of rotatable bonds is 0. The Kier molecular flexibility index (Phi) is 13.6. The molecule has 0 aliphatic rings. The fourth-order valence-electron chi connectivity index (χ4n) is 0.385. The van der Waals surface area contributed by atoms with Gasteiger partial charge in [0.25, 0.3) is 0 Å². The van der Waals surface area contributed by atoms with Crippen LogP contribution in [0.2, 0.25) is 0 Å². The largest absolute Gasteiger partial charge is 1.00 e. The second-order valence-electron chi connectivity index (χ2n) is 1.15. The van der Waals surface area contributed by atoms with Gasteiger partial charge in [-0.2, -0.15) is 0 Å². The SMILES string of the molecule is [C-]#N.[Na+].c1ccccc1. The van der Waals surface area contributed by atoms with Gasteiger partial charge in [-0.3, -0.25) is 0 Å². The van der Waals surface area contributed by atoms with Crippen molar-refractivity contribution in [2.24, 2.45) is 0 Å². The third kappa shape index (κ3) is 7.71. The molecular weight excluding hydrogens is 121 g/mol. The summed E-state index contributed by atoms with van der Waals surface area (Å²) in [7, 11) is 0. The smallest absolute Gasteiger partial charge is 0.512 e. The van der Waals surface area contributed by atoms with Crippen molar-refractivity contribution in [3.05, 3.63) is 43.0 Å². The van der Waals surface area contributed by atoms with Crippen LogP contribution in [0.5, 0.6) is 0 Å². The third-order valence-electron chi connectivity index (χ3n) is 0.667. The number of benzene rings is 1. The van der Waals surface area contributed by atoms with Crippen molar-refractivity contribution in [1.82, 2.24) is 0 Å². The fourth-order valence-corrected chi connectivity index (χ4v) is 0.385. The van der Waals surface area contributed by atoms with E-state index in [9.17, 15) is 0 Å².